The second-order valence-electron chi connectivity index (χ2n) is 17.4. The van der Waals surface area contributed by atoms with Crippen LogP contribution in [0.15, 0.2) is 23.6 Å². The zero-order chi connectivity index (χ0) is 33.5. The molecule has 0 rings (SSSR count). The highest BCUT2D eigenvalue weighted by Gasteiger charge is 2.52. The minimum atomic E-state index is -3.01. The van der Waals surface area contributed by atoms with E-state index in [1.165, 1.54) is 0 Å². The first-order valence-electron chi connectivity index (χ1n) is 15.9. The van der Waals surface area contributed by atoms with Crippen molar-refractivity contribution in [2.75, 3.05) is 0 Å². The first-order valence-corrected chi connectivity index (χ1v) is 39.9. The van der Waals surface area contributed by atoms with E-state index in [2.05, 4.69) is 136 Å². The van der Waals surface area contributed by atoms with E-state index in [1.54, 1.807) is 0 Å². The number of rotatable bonds is 21. The van der Waals surface area contributed by atoms with Crippen LogP contribution in [-0.2, 0) is 24.7 Å². The maximum Gasteiger partial charge on any atom is 0.500 e. The summed E-state index contributed by atoms with van der Waals surface area (Å²) < 4.78 is 40.9. The maximum absolute atomic E-state index is 6.86. The third-order valence-electron chi connectivity index (χ3n) is 5.02. The summed E-state index contributed by atoms with van der Waals surface area (Å²) in [5.74, 6) is 0. The maximum atomic E-state index is 6.86. The van der Waals surface area contributed by atoms with Crippen LogP contribution in [0.2, 0.25) is 118 Å². The van der Waals surface area contributed by atoms with Crippen molar-refractivity contribution in [1.29, 1.82) is 0 Å². The summed E-state index contributed by atoms with van der Waals surface area (Å²) in [5, 5.41) is 1.07. The second-order valence-corrected chi connectivity index (χ2v) is 51.0. The summed E-state index contributed by atoms with van der Waals surface area (Å²) in [6.45, 7) is 44.7. The largest absolute Gasteiger partial charge is 0.500 e. The fourth-order valence-corrected chi connectivity index (χ4v) is 30.9. The molecular formula is C28H70O6Si8. The van der Waals surface area contributed by atoms with Gasteiger partial charge in [-0.3, -0.25) is 0 Å². The Balaban J connectivity index is 5.44. The molecule has 0 aliphatic rings. The molecule has 0 radical (unpaired) electrons. The zero-order valence-electron chi connectivity index (χ0n) is 31.1. The molecule has 0 aromatic heterocycles. The van der Waals surface area contributed by atoms with Crippen molar-refractivity contribution in [3.05, 3.63) is 23.6 Å². The fourth-order valence-electron chi connectivity index (χ4n) is 4.27. The standard InChI is InChI=1S/C28H70O6Si8/c1-28(42(32-38(11,12)13,33-39(14,15)16)34-40(17,18)19)26-24-22-20-21-23-25-27-41(29-35(2,3)4,30-36(5,6)7)31-37(8,9)10/h25,27H,1,20-24,26H2,2-19H3/b27-25+. The van der Waals surface area contributed by atoms with Crippen LogP contribution in [0.3, 0.4) is 0 Å². The summed E-state index contributed by atoms with van der Waals surface area (Å²) in [7, 11) is -17.3. The van der Waals surface area contributed by atoms with Gasteiger partial charge in [-0.05, 0) is 154 Å². The number of unbranched alkanes of at least 4 members (excludes halogenated alkanes) is 4. The Kier molecular flexibility index (Phi) is 16.6. The lowest BCUT2D eigenvalue weighted by Crippen LogP contribution is -2.61. The average Bonchev–Trinajstić information content (AvgIpc) is 2.61. The van der Waals surface area contributed by atoms with Gasteiger partial charge in [0.1, 0.15) is 0 Å². The molecular weight excluding hydrogens is 657 g/mol. The second kappa shape index (κ2) is 16.2. The Morgan fingerprint density at radius 1 is 0.452 bits per heavy atom. The summed E-state index contributed by atoms with van der Waals surface area (Å²) in [4.78, 5) is 0. The third-order valence-corrected chi connectivity index (χ3v) is 28.1. The van der Waals surface area contributed by atoms with E-state index in [0.29, 0.717) is 0 Å². The van der Waals surface area contributed by atoms with Gasteiger partial charge in [-0.1, -0.05) is 25.5 Å². The Hall–Kier alpha value is 0.975. The molecule has 0 spiro atoms. The van der Waals surface area contributed by atoms with Crippen LogP contribution in [0, 0.1) is 0 Å². The van der Waals surface area contributed by atoms with E-state index in [0.717, 1.165) is 43.7 Å². The quantitative estimate of drug-likeness (QED) is 0.0867. The van der Waals surface area contributed by atoms with E-state index >= 15 is 0 Å². The van der Waals surface area contributed by atoms with E-state index in [4.69, 9.17) is 24.7 Å². The summed E-state index contributed by atoms with van der Waals surface area (Å²) in [6, 6.07) is 0. The van der Waals surface area contributed by atoms with Crippen molar-refractivity contribution in [2.24, 2.45) is 0 Å². The molecule has 0 aromatic carbocycles. The lowest BCUT2D eigenvalue weighted by Gasteiger charge is -2.43. The molecule has 42 heavy (non-hydrogen) atoms. The summed E-state index contributed by atoms with van der Waals surface area (Å²) in [5.41, 5.74) is 2.21. The first kappa shape index (κ1) is 43.0. The van der Waals surface area contributed by atoms with Gasteiger partial charge in [-0.25, -0.2) is 0 Å². The van der Waals surface area contributed by atoms with Gasteiger partial charge in [0.05, 0.1) is 0 Å². The highest BCUT2D eigenvalue weighted by Crippen LogP contribution is 2.33. The summed E-state index contributed by atoms with van der Waals surface area (Å²) in [6.07, 6.45) is 8.69. The van der Waals surface area contributed by atoms with Crippen LogP contribution in [0.5, 0.6) is 0 Å². The zero-order valence-corrected chi connectivity index (χ0v) is 39.1. The predicted octanol–water partition coefficient (Wildman–Crippen LogP) is 10.5. The van der Waals surface area contributed by atoms with E-state index in [1.807, 2.05) is 0 Å². The van der Waals surface area contributed by atoms with Gasteiger partial charge >= 0.3 is 17.6 Å². The van der Waals surface area contributed by atoms with Crippen molar-refractivity contribution < 1.29 is 24.7 Å². The van der Waals surface area contributed by atoms with Crippen molar-refractivity contribution in [1.82, 2.24) is 0 Å². The van der Waals surface area contributed by atoms with Crippen molar-refractivity contribution in [3.8, 4) is 0 Å². The SMILES string of the molecule is C=C(CCCCCC/C=C/[Si](O[Si](C)(C)C)(O[Si](C)(C)C)O[Si](C)(C)C)[Si](O[Si](C)(C)C)(O[Si](C)(C)C)O[Si](C)(C)C. The molecule has 6 nitrogen and oxygen atoms in total. The van der Waals surface area contributed by atoms with Crippen LogP contribution in [-0.4, -0.2) is 67.5 Å². The topological polar surface area (TPSA) is 55.4 Å². The van der Waals surface area contributed by atoms with Crippen molar-refractivity contribution in [2.45, 2.75) is 156 Å². The fraction of sp³-hybridized carbons (Fsp3) is 0.857. The van der Waals surface area contributed by atoms with Gasteiger partial charge in [0.2, 0.25) is 0 Å². The van der Waals surface area contributed by atoms with Crippen LogP contribution in [0.25, 0.3) is 0 Å². The third kappa shape index (κ3) is 21.7. The highest BCUT2D eigenvalue weighted by molar-refractivity contribution is 6.93. The molecule has 0 aromatic rings. The Morgan fingerprint density at radius 3 is 1.07 bits per heavy atom. The number of hydrogen-bond acceptors (Lipinski definition) is 6. The van der Waals surface area contributed by atoms with Gasteiger partial charge in [0, 0.05) is 0 Å². The monoisotopic (exact) mass is 726 g/mol. The summed E-state index contributed by atoms with van der Waals surface area (Å²) >= 11 is 0. The Morgan fingerprint density at radius 2 is 0.762 bits per heavy atom. The number of hydrogen-bond donors (Lipinski definition) is 0. The molecule has 0 atom stereocenters. The number of allylic oxidation sites excluding steroid dienone is 2. The van der Waals surface area contributed by atoms with Crippen LogP contribution >= 0.6 is 0 Å². The first-order chi connectivity index (χ1) is 18.4. The molecule has 0 fully saturated rings. The van der Waals surface area contributed by atoms with Crippen molar-refractivity contribution in [3.63, 3.8) is 0 Å². The van der Waals surface area contributed by atoms with Crippen LogP contribution in [0.4, 0.5) is 0 Å². The molecule has 0 heterocycles. The van der Waals surface area contributed by atoms with Crippen LogP contribution < -0.4 is 0 Å². The lowest BCUT2D eigenvalue weighted by atomic mass is 10.1. The van der Waals surface area contributed by atoms with Crippen molar-refractivity contribution >= 4 is 67.5 Å². The molecule has 0 bridgehead atoms. The van der Waals surface area contributed by atoms with Gasteiger partial charge in [-0.15, -0.1) is 0 Å². The Labute approximate surface area is 270 Å². The molecule has 0 saturated carbocycles. The van der Waals surface area contributed by atoms with Gasteiger partial charge in [-0.2, -0.15) is 0 Å². The molecule has 0 saturated heterocycles. The average molecular weight is 728 g/mol. The minimum absolute atomic E-state index is 0.898. The molecule has 0 N–H and O–H groups in total. The van der Waals surface area contributed by atoms with Gasteiger partial charge < -0.3 is 24.7 Å². The van der Waals surface area contributed by atoms with E-state index in [9.17, 15) is 0 Å². The minimum Gasteiger partial charge on any atom is -0.414 e. The van der Waals surface area contributed by atoms with E-state index in [-0.39, 0.29) is 0 Å². The molecule has 0 aliphatic carbocycles. The predicted molar refractivity (Wildman–Crippen MR) is 204 cm³/mol. The molecule has 250 valence electrons. The molecule has 14 heteroatoms. The molecule has 0 aliphatic heterocycles. The Bertz CT molecular complexity index is 775. The van der Waals surface area contributed by atoms with Crippen LogP contribution in [0.1, 0.15) is 38.5 Å². The highest BCUT2D eigenvalue weighted by atomic mass is 28.5. The van der Waals surface area contributed by atoms with E-state index < -0.39 is 67.5 Å². The normalized spacial score (nSPS) is 15.1. The van der Waals surface area contributed by atoms with Gasteiger partial charge in [0.25, 0.3) is 0 Å². The smallest absolute Gasteiger partial charge is 0.414 e. The molecule has 0 unspecified atom stereocenters. The molecule has 0 amide bonds. The lowest BCUT2D eigenvalue weighted by molar-refractivity contribution is 0.263. The van der Waals surface area contributed by atoms with Gasteiger partial charge in [0.15, 0.2) is 49.9 Å².